The number of hydrogen-bond donors (Lipinski definition) is 1. The molecule has 1 aliphatic heterocycles. The summed E-state index contributed by atoms with van der Waals surface area (Å²) in [5, 5.41) is 3.00. The van der Waals surface area contributed by atoms with Crippen molar-refractivity contribution < 1.29 is 14.3 Å². The lowest BCUT2D eigenvalue weighted by molar-refractivity contribution is 0.0955. The van der Waals surface area contributed by atoms with E-state index >= 15 is 0 Å². The van der Waals surface area contributed by atoms with Gasteiger partial charge in [-0.1, -0.05) is 13.0 Å². The highest BCUT2D eigenvalue weighted by molar-refractivity contribution is 7.14. The Morgan fingerprint density at radius 3 is 3.09 bits per heavy atom. The number of nitrogens with one attached hydrogen (secondary N) is 1. The molecule has 0 radical (unpaired) electrons. The van der Waals surface area contributed by atoms with E-state index < -0.39 is 0 Å². The Kier molecular flexibility index (Phi) is 3.73. The van der Waals surface area contributed by atoms with E-state index in [2.05, 4.69) is 18.3 Å². The van der Waals surface area contributed by atoms with E-state index in [0.29, 0.717) is 6.54 Å². The van der Waals surface area contributed by atoms with Gasteiger partial charge < -0.3 is 14.8 Å². The zero-order valence-corrected chi connectivity index (χ0v) is 13.9. The van der Waals surface area contributed by atoms with Crippen LogP contribution in [-0.2, 0) is 19.4 Å². The molecule has 0 spiro atoms. The average molecular weight is 329 g/mol. The van der Waals surface area contributed by atoms with Crippen molar-refractivity contribution in [3.8, 4) is 11.5 Å². The molecule has 4 rings (SSSR count). The average Bonchev–Trinajstić information content (AvgIpc) is 3.17. The maximum Gasteiger partial charge on any atom is 0.261 e. The third-order valence-electron chi connectivity index (χ3n) is 4.44. The molecule has 4 nitrogen and oxygen atoms in total. The molecular formula is C18H19NO3S. The molecule has 1 unspecified atom stereocenters. The Morgan fingerprint density at radius 1 is 1.30 bits per heavy atom. The van der Waals surface area contributed by atoms with Crippen molar-refractivity contribution in [3.63, 3.8) is 0 Å². The molecule has 1 amide bonds. The minimum absolute atomic E-state index is 0.00900. The standard InChI is InChI=1S/C18H19NO3S/c1-11-2-5-16-13(6-11)8-17(23-16)18(20)19-9-12-3-4-14-15(7-12)22-10-21-14/h3-4,7-8,11H,2,5-6,9-10H2,1H3,(H,19,20). The molecule has 0 bridgehead atoms. The van der Waals surface area contributed by atoms with Gasteiger partial charge in [-0.2, -0.15) is 0 Å². The summed E-state index contributed by atoms with van der Waals surface area (Å²) in [6, 6.07) is 7.83. The van der Waals surface area contributed by atoms with Crippen molar-refractivity contribution >= 4 is 17.2 Å². The lowest BCUT2D eigenvalue weighted by atomic mass is 9.90. The normalized spacial score (nSPS) is 18.6. The van der Waals surface area contributed by atoms with Gasteiger partial charge in [-0.05, 0) is 54.5 Å². The number of thiophene rings is 1. The molecule has 1 aromatic carbocycles. The molecule has 1 aromatic heterocycles. The van der Waals surface area contributed by atoms with E-state index in [-0.39, 0.29) is 12.7 Å². The molecule has 0 fully saturated rings. The topological polar surface area (TPSA) is 47.6 Å². The van der Waals surface area contributed by atoms with E-state index in [1.165, 1.54) is 16.9 Å². The smallest absolute Gasteiger partial charge is 0.261 e. The highest BCUT2D eigenvalue weighted by Gasteiger charge is 2.20. The van der Waals surface area contributed by atoms with E-state index in [4.69, 9.17) is 9.47 Å². The lowest BCUT2D eigenvalue weighted by Gasteiger charge is -2.16. The fraction of sp³-hybridized carbons (Fsp3) is 0.389. The summed E-state index contributed by atoms with van der Waals surface area (Å²) in [6.45, 7) is 3.04. The third kappa shape index (κ3) is 2.93. The molecule has 2 aliphatic rings. The van der Waals surface area contributed by atoms with Gasteiger partial charge in [-0.3, -0.25) is 4.79 Å². The number of benzene rings is 1. The van der Waals surface area contributed by atoms with Gasteiger partial charge in [0.05, 0.1) is 4.88 Å². The maximum atomic E-state index is 12.4. The van der Waals surface area contributed by atoms with Crippen molar-refractivity contribution in [2.24, 2.45) is 5.92 Å². The van der Waals surface area contributed by atoms with E-state index in [9.17, 15) is 4.79 Å². The zero-order chi connectivity index (χ0) is 15.8. The second-order valence-corrected chi connectivity index (χ2v) is 7.41. The first-order valence-corrected chi connectivity index (χ1v) is 8.79. The highest BCUT2D eigenvalue weighted by atomic mass is 32.1. The Labute approximate surface area is 139 Å². The van der Waals surface area contributed by atoms with Gasteiger partial charge in [-0.15, -0.1) is 11.3 Å². The van der Waals surface area contributed by atoms with Crippen LogP contribution in [0.3, 0.4) is 0 Å². The number of rotatable bonds is 3. The monoisotopic (exact) mass is 329 g/mol. The molecular weight excluding hydrogens is 310 g/mol. The molecule has 1 atom stereocenters. The summed E-state index contributed by atoms with van der Waals surface area (Å²) in [6.07, 6.45) is 3.43. The Morgan fingerprint density at radius 2 is 2.17 bits per heavy atom. The van der Waals surface area contributed by atoms with Gasteiger partial charge >= 0.3 is 0 Å². The first-order valence-electron chi connectivity index (χ1n) is 7.97. The number of amides is 1. The van der Waals surface area contributed by atoms with Gasteiger partial charge in [0, 0.05) is 11.4 Å². The Bertz CT molecular complexity index is 753. The first kappa shape index (κ1) is 14.6. The fourth-order valence-electron chi connectivity index (χ4n) is 3.14. The molecule has 2 aromatic rings. The third-order valence-corrected chi connectivity index (χ3v) is 5.68. The van der Waals surface area contributed by atoms with Gasteiger partial charge in [-0.25, -0.2) is 0 Å². The molecule has 1 N–H and O–H groups in total. The summed E-state index contributed by atoms with van der Waals surface area (Å²) in [5.41, 5.74) is 2.37. The van der Waals surface area contributed by atoms with Crippen molar-refractivity contribution in [2.75, 3.05) is 6.79 Å². The van der Waals surface area contributed by atoms with Crippen LogP contribution in [0.2, 0.25) is 0 Å². The van der Waals surface area contributed by atoms with Crippen LogP contribution in [0.15, 0.2) is 24.3 Å². The van der Waals surface area contributed by atoms with Crippen LogP contribution in [0, 0.1) is 5.92 Å². The maximum absolute atomic E-state index is 12.4. The molecule has 0 saturated heterocycles. The van der Waals surface area contributed by atoms with Crippen molar-refractivity contribution in [3.05, 3.63) is 45.1 Å². The van der Waals surface area contributed by atoms with Crippen molar-refractivity contribution in [1.29, 1.82) is 0 Å². The Hall–Kier alpha value is -2.01. The quantitative estimate of drug-likeness (QED) is 0.937. The van der Waals surface area contributed by atoms with E-state index in [1.807, 2.05) is 18.2 Å². The van der Waals surface area contributed by atoms with Gasteiger partial charge in [0.2, 0.25) is 6.79 Å². The molecule has 5 heteroatoms. The predicted octanol–water partition coefficient (Wildman–Crippen LogP) is 3.53. The molecule has 1 aliphatic carbocycles. The molecule has 120 valence electrons. The van der Waals surface area contributed by atoms with Crippen molar-refractivity contribution in [2.45, 2.75) is 32.7 Å². The van der Waals surface area contributed by atoms with Crippen LogP contribution in [-0.4, -0.2) is 12.7 Å². The van der Waals surface area contributed by atoms with Gasteiger partial charge in [0.15, 0.2) is 11.5 Å². The van der Waals surface area contributed by atoms with Gasteiger partial charge in [0.1, 0.15) is 0 Å². The summed E-state index contributed by atoms with van der Waals surface area (Å²) >= 11 is 1.64. The fourth-order valence-corrected chi connectivity index (χ4v) is 4.26. The number of carbonyl (C=O) groups excluding carboxylic acids is 1. The SMILES string of the molecule is CC1CCc2sc(C(=O)NCc3ccc4c(c3)OCO4)cc2C1. The zero-order valence-electron chi connectivity index (χ0n) is 13.1. The largest absolute Gasteiger partial charge is 0.454 e. The second kappa shape index (κ2) is 5.89. The van der Waals surface area contributed by atoms with Crippen LogP contribution in [0.4, 0.5) is 0 Å². The van der Waals surface area contributed by atoms with Gasteiger partial charge in [0.25, 0.3) is 5.91 Å². The van der Waals surface area contributed by atoms with Crippen LogP contribution >= 0.6 is 11.3 Å². The first-order chi connectivity index (χ1) is 11.2. The van der Waals surface area contributed by atoms with E-state index in [1.54, 1.807) is 11.3 Å². The molecule has 0 saturated carbocycles. The molecule has 23 heavy (non-hydrogen) atoms. The van der Waals surface area contributed by atoms with E-state index in [0.717, 1.165) is 40.7 Å². The van der Waals surface area contributed by atoms with Crippen LogP contribution in [0.1, 0.15) is 39.0 Å². The van der Waals surface area contributed by atoms with Crippen LogP contribution < -0.4 is 14.8 Å². The summed E-state index contributed by atoms with van der Waals surface area (Å²) in [4.78, 5) is 14.6. The number of aryl methyl sites for hydroxylation is 1. The lowest BCUT2D eigenvalue weighted by Crippen LogP contribution is -2.21. The Balaban J connectivity index is 1.42. The highest BCUT2D eigenvalue weighted by Crippen LogP contribution is 2.33. The second-order valence-electron chi connectivity index (χ2n) is 6.28. The van der Waals surface area contributed by atoms with Crippen molar-refractivity contribution in [1.82, 2.24) is 5.32 Å². The summed E-state index contributed by atoms with van der Waals surface area (Å²) in [7, 11) is 0. The number of hydrogen-bond acceptors (Lipinski definition) is 4. The minimum atomic E-state index is 0.00900. The number of carbonyl (C=O) groups is 1. The van der Waals surface area contributed by atoms with Crippen LogP contribution in [0.5, 0.6) is 11.5 Å². The number of ether oxygens (including phenoxy) is 2. The summed E-state index contributed by atoms with van der Waals surface area (Å²) < 4.78 is 10.7. The number of fused-ring (bicyclic) bond motifs is 2. The van der Waals surface area contributed by atoms with Crippen LogP contribution in [0.25, 0.3) is 0 Å². The predicted molar refractivity (Wildman–Crippen MR) is 89.2 cm³/mol. The minimum Gasteiger partial charge on any atom is -0.454 e. The molecule has 2 heterocycles. The summed E-state index contributed by atoms with van der Waals surface area (Å²) in [5.74, 6) is 2.24.